The van der Waals surface area contributed by atoms with Crippen LogP contribution in [-0.4, -0.2) is 41.7 Å². The van der Waals surface area contributed by atoms with E-state index in [9.17, 15) is 4.79 Å². The highest BCUT2D eigenvalue weighted by atomic mass is 16.1. The van der Waals surface area contributed by atoms with Gasteiger partial charge in [-0.15, -0.1) is 0 Å². The molecule has 3 rings (SSSR count). The summed E-state index contributed by atoms with van der Waals surface area (Å²) < 4.78 is 0. The highest BCUT2D eigenvalue weighted by molar-refractivity contribution is 5.94. The number of aromatic nitrogens is 2. The van der Waals surface area contributed by atoms with Crippen molar-refractivity contribution in [2.24, 2.45) is 5.73 Å². The molecule has 0 aliphatic heterocycles. The molecule has 0 aliphatic rings. The number of carbonyl (C=O) groups is 1. The minimum Gasteiger partial charge on any atom is -0.372 e. The van der Waals surface area contributed by atoms with Crippen LogP contribution in [0.3, 0.4) is 0 Å². The van der Waals surface area contributed by atoms with Gasteiger partial charge in [0.2, 0.25) is 5.95 Å². The molecule has 8 nitrogen and oxygen atoms in total. The van der Waals surface area contributed by atoms with E-state index in [1.54, 1.807) is 0 Å². The number of nitrogens with zero attached hydrogens (tertiary/aromatic N) is 2. The van der Waals surface area contributed by atoms with Crippen molar-refractivity contribution >= 4 is 23.2 Å². The standard InChI is InChI=1S/C32H47N7O/c1-7-8-26(11-13-35-31(40)25-9-10-29(37-20-33)24(6)18-25)34-14-12-30-28(21(2)3)19-36-32(39-30)38-27-16-22(4)15-23(5)17-27/h9-10,15-19,21,26,34,37H,7-8,11-14,20,33H2,1-6H3,(H,35,40)(H,36,38,39). The van der Waals surface area contributed by atoms with Gasteiger partial charge in [0.05, 0.1) is 12.4 Å². The number of hydrogen-bond donors (Lipinski definition) is 5. The molecule has 216 valence electrons. The van der Waals surface area contributed by atoms with E-state index in [4.69, 9.17) is 10.7 Å². The third kappa shape index (κ3) is 9.31. The van der Waals surface area contributed by atoms with Gasteiger partial charge in [-0.05, 0) is 92.1 Å². The van der Waals surface area contributed by atoms with Crippen LogP contribution >= 0.6 is 0 Å². The van der Waals surface area contributed by atoms with E-state index in [-0.39, 0.29) is 5.91 Å². The first-order valence-electron chi connectivity index (χ1n) is 14.5. The normalized spacial score (nSPS) is 11.9. The summed E-state index contributed by atoms with van der Waals surface area (Å²) in [6.07, 6.45) is 5.76. The van der Waals surface area contributed by atoms with E-state index in [1.807, 2.05) is 31.3 Å². The first-order valence-corrected chi connectivity index (χ1v) is 14.5. The van der Waals surface area contributed by atoms with Crippen molar-refractivity contribution in [2.75, 3.05) is 30.4 Å². The Morgan fingerprint density at radius 2 is 1.75 bits per heavy atom. The number of hydrogen-bond acceptors (Lipinski definition) is 7. The Kier molecular flexibility index (Phi) is 11.9. The number of carbonyl (C=O) groups excluding carboxylic acids is 1. The molecule has 6 N–H and O–H groups in total. The van der Waals surface area contributed by atoms with Crippen LogP contribution < -0.4 is 27.0 Å². The zero-order valence-corrected chi connectivity index (χ0v) is 25.0. The lowest BCUT2D eigenvalue weighted by molar-refractivity contribution is 0.0952. The van der Waals surface area contributed by atoms with Gasteiger partial charge in [-0.2, -0.15) is 0 Å². The van der Waals surface area contributed by atoms with Crippen LogP contribution in [-0.2, 0) is 6.42 Å². The van der Waals surface area contributed by atoms with Gasteiger partial charge in [0.15, 0.2) is 0 Å². The summed E-state index contributed by atoms with van der Waals surface area (Å²) in [5, 5.41) is 13.3. The van der Waals surface area contributed by atoms with Crippen molar-refractivity contribution in [3.05, 3.63) is 76.1 Å². The topological polar surface area (TPSA) is 117 Å². The third-order valence-electron chi connectivity index (χ3n) is 6.99. The molecule has 0 radical (unpaired) electrons. The highest BCUT2D eigenvalue weighted by Gasteiger charge is 2.14. The Morgan fingerprint density at radius 3 is 2.40 bits per heavy atom. The Labute approximate surface area is 240 Å². The zero-order valence-electron chi connectivity index (χ0n) is 25.0. The van der Waals surface area contributed by atoms with Gasteiger partial charge in [0, 0.05) is 48.7 Å². The van der Waals surface area contributed by atoms with Crippen LogP contribution in [0.25, 0.3) is 0 Å². The van der Waals surface area contributed by atoms with Crippen LogP contribution in [0.4, 0.5) is 17.3 Å². The lowest BCUT2D eigenvalue weighted by atomic mass is 10.0. The number of benzene rings is 2. The largest absolute Gasteiger partial charge is 0.372 e. The SMILES string of the molecule is CCCC(CCNC(=O)c1ccc(NCN)c(C)c1)NCCc1nc(Nc2cc(C)cc(C)c2)ncc1C(C)C. The summed E-state index contributed by atoms with van der Waals surface area (Å²) >= 11 is 0. The minimum absolute atomic E-state index is 0.0518. The van der Waals surface area contributed by atoms with Crippen LogP contribution in [0.1, 0.15) is 84.3 Å². The summed E-state index contributed by atoms with van der Waals surface area (Å²) in [5.41, 5.74) is 13.8. The molecule has 0 saturated carbocycles. The van der Waals surface area contributed by atoms with E-state index in [2.05, 4.69) is 79.1 Å². The molecule has 1 amide bonds. The van der Waals surface area contributed by atoms with Crippen molar-refractivity contribution in [3.63, 3.8) is 0 Å². The Hall–Kier alpha value is -3.49. The Balaban J connectivity index is 1.56. The Bertz CT molecular complexity index is 1240. The van der Waals surface area contributed by atoms with Crippen LogP contribution in [0.2, 0.25) is 0 Å². The fourth-order valence-electron chi connectivity index (χ4n) is 5.01. The summed E-state index contributed by atoms with van der Waals surface area (Å²) in [5.74, 6) is 0.916. The van der Waals surface area contributed by atoms with Gasteiger partial charge in [0.1, 0.15) is 0 Å². The van der Waals surface area contributed by atoms with Crippen molar-refractivity contribution < 1.29 is 4.79 Å². The van der Waals surface area contributed by atoms with E-state index in [1.165, 1.54) is 16.7 Å². The Morgan fingerprint density at radius 1 is 1.00 bits per heavy atom. The predicted molar refractivity (Wildman–Crippen MR) is 167 cm³/mol. The lowest BCUT2D eigenvalue weighted by Crippen LogP contribution is -2.35. The number of rotatable bonds is 15. The molecule has 3 aromatic rings. The van der Waals surface area contributed by atoms with Crippen LogP contribution in [0.15, 0.2) is 42.6 Å². The second kappa shape index (κ2) is 15.3. The molecule has 2 aromatic carbocycles. The molecule has 40 heavy (non-hydrogen) atoms. The number of anilines is 3. The quantitative estimate of drug-likeness (QED) is 0.155. The van der Waals surface area contributed by atoms with E-state index < -0.39 is 0 Å². The van der Waals surface area contributed by atoms with Crippen molar-refractivity contribution in [3.8, 4) is 0 Å². The van der Waals surface area contributed by atoms with Gasteiger partial charge in [-0.25, -0.2) is 9.97 Å². The number of amides is 1. The van der Waals surface area contributed by atoms with E-state index in [0.29, 0.717) is 36.7 Å². The number of nitrogens with one attached hydrogen (secondary N) is 4. The average Bonchev–Trinajstić information content (AvgIpc) is 2.89. The summed E-state index contributed by atoms with van der Waals surface area (Å²) in [4.78, 5) is 22.2. The maximum absolute atomic E-state index is 12.7. The monoisotopic (exact) mass is 545 g/mol. The number of aryl methyl sites for hydroxylation is 3. The van der Waals surface area contributed by atoms with E-state index in [0.717, 1.165) is 54.9 Å². The highest BCUT2D eigenvalue weighted by Crippen LogP contribution is 2.22. The fourth-order valence-corrected chi connectivity index (χ4v) is 5.01. The van der Waals surface area contributed by atoms with E-state index >= 15 is 0 Å². The van der Waals surface area contributed by atoms with Crippen molar-refractivity contribution in [2.45, 2.75) is 79.2 Å². The van der Waals surface area contributed by atoms with Crippen LogP contribution in [0, 0.1) is 20.8 Å². The lowest BCUT2D eigenvalue weighted by Gasteiger charge is -2.20. The second-order valence-electron chi connectivity index (χ2n) is 10.9. The molecule has 0 aliphatic carbocycles. The average molecular weight is 546 g/mol. The van der Waals surface area contributed by atoms with Gasteiger partial charge >= 0.3 is 0 Å². The van der Waals surface area contributed by atoms with Crippen molar-refractivity contribution in [1.82, 2.24) is 20.6 Å². The second-order valence-corrected chi connectivity index (χ2v) is 10.9. The van der Waals surface area contributed by atoms with Gasteiger partial charge in [-0.1, -0.05) is 33.3 Å². The summed E-state index contributed by atoms with van der Waals surface area (Å²) in [6, 6.07) is 12.3. The molecular weight excluding hydrogens is 498 g/mol. The minimum atomic E-state index is -0.0518. The smallest absolute Gasteiger partial charge is 0.251 e. The third-order valence-corrected chi connectivity index (χ3v) is 6.99. The molecule has 1 aromatic heterocycles. The van der Waals surface area contributed by atoms with Gasteiger partial charge in [-0.3, -0.25) is 4.79 Å². The first kappa shape index (κ1) is 31.0. The van der Waals surface area contributed by atoms with Crippen LogP contribution in [0.5, 0.6) is 0 Å². The molecular formula is C32H47N7O. The number of nitrogens with two attached hydrogens (primary N) is 1. The molecule has 0 saturated heterocycles. The fraction of sp³-hybridized carbons (Fsp3) is 0.469. The molecule has 0 fully saturated rings. The van der Waals surface area contributed by atoms with Gasteiger partial charge < -0.3 is 27.0 Å². The predicted octanol–water partition coefficient (Wildman–Crippen LogP) is 5.72. The molecule has 1 atom stereocenters. The zero-order chi connectivity index (χ0) is 29.1. The van der Waals surface area contributed by atoms with Crippen molar-refractivity contribution in [1.29, 1.82) is 0 Å². The molecule has 0 bridgehead atoms. The van der Waals surface area contributed by atoms with Gasteiger partial charge in [0.25, 0.3) is 5.91 Å². The molecule has 8 heteroatoms. The first-order chi connectivity index (χ1) is 19.2. The maximum atomic E-state index is 12.7. The summed E-state index contributed by atoms with van der Waals surface area (Å²) in [6.45, 7) is 14.5. The molecule has 1 heterocycles. The molecule has 0 spiro atoms. The summed E-state index contributed by atoms with van der Waals surface area (Å²) in [7, 11) is 0. The maximum Gasteiger partial charge on any atom is 0.251 e. The molecule has 1 unspecified atom stereocenters.